The fraction of sp³-hybridized carbons (Fsp3) is 0.474. The molecule has 2 aliphatic rings. The van der Waals surface area contributed by atoms with E-state index in [1.54, 1.807) is 41.0 Å². The van der Waals surface area contributed by atoms with Gasteiger partial charge >= 0.3 is 12.1 Å². The number of hydrogen-bond acceptors (Lipinski definition) is 5. The Kier molecular flexibility index (Phi) is 6.13. The molecule has 0 bridgehead atoms. The summed E-state index contributed by atoms with van der Waals surface area (Å²) in [6.45, 7) is 4.42. The number of carbonyl (C=O) groups excluding carboxylic acids is 4. The number of hydrogen-bond donors (Lipinski definition) is 1. The van der Waals surface area contributed by atoms with Gasteiger partial charge in [-0.1, -0.05) is 12.1 Å². The van der Waals surface area contributed by atoms with Crippen LogP contribution in [0.2, 0.25) is 0 Å². The molecule has 1 N–H and O–H groups in total. The van der Waals surface area contributed by atoms with Crippen molar-refractivity contribution in [2.75, 3.05) is 45.9 Å². The van der Waals surface area contributed by atoms with E-state index in [9.17, 15) is 19.2 Å². The van der Waals surface area contributed by atoms with E-state index in [1.807, 2.05) is 0 Å². The zero-order valence-electron chi connectivity index (χ0n) is 15.8. The standard InChI is InChI=1S/C19H24N4O5/c1-2-28-19(27)22-12-10-21(11-13-22)18(26)20-8-5-9-23-16(24)14-6-3-4-7-15(14)17(23)25/h3-4,6-7H,2,5,8-13H2,1H3,(H,20,26). The molecule has 0 radical (unpaired) electrons. The lowest BCUT2D eigenvalue weighted by atomic mass is 10.1. The number of rotatable bonds is 5. The second kappa shape index (κ2) is 8.73. The van der Waals surface area contributed by atoms with Gasteiger partial charge in [-0.15, -0.1) is 0 Å². The van der Waals surface area contributed by atoms with E-state index in [4.69, 9.17) is 4.74 Å². The molecule has 0 aliphatic carbocycles. The van der Waals surface area contributed by atoms with Crippen molar-refractivity contribution in [2.24, 2.45) is 0 Å². The van der Waals surface area contributed by atoms with Crippen LogP contribution in [-0.4, -0.2) is 84.5 Å². The van der Waals surface area contributed by atoms with Crippen molar-refractivity contribution >= 4 is 23.9 Å². The van der Waals surface area contributed by atoms with Gasteiger partial charge in [-0.3, -0.25) is 14.5 Å². The van der Waals surface area contributed by atoms with Crippen LogP contribution in [0.4, 0.5) is 9.59 Å². The van der Waals surface area contributed by atoms with Crippen LogP contribution in [0.5, 0.6) is 0 Å². The van der Waals surface area contributed by atoms with Crippen LogP contribution < -0.4 is 5.32 Å². The van der Waals surface area contributed by atoms with Gasteiger partial charge < -0.3 is 19.9 Å². The number of urea groups is 1. The topological polar surface area (TPSA) is 99.3 Å². The highest BCUT2D eigenvalue weighted by molar-refractivity contribution is 6.21. The Morgan fingerprint density at radius 1 is 1.00 bits per heavy atom. The van der Waals surface area contributed by atoms with Gasteiger partial charge in [0.1, 0.15) is 0 Å². The van der Waals surface area contributed by atoms with Gasteiger partial charge in [0, 0.05) is 39.3 Å². The van der Waals surface area contributed by atoms with E-state index in [-0.39, 0.29) is 30.5 Å². The molecule has 0 spiro atoms. The van der Waals surface area contributed by atoms with Gasteiger partial charge in [0.25, 0.3) is 11.8 Å². The predicted molar refractivity (Wildman–Crippen MR) is 100.0 cm³/mol. The number of nitrogens with one attached hydrogen (secondary N) is 1. The largest absolute Gasteiger partial charge is 0.450 e. The first-order valence-corrected chi connectivity index (χ1v) is 9.42. The quantitative estimate of drug-likeness (QED) is 0.603. The number of benzene rings is 1. The SMILES string of the molecule is CCOC(=O)N1CCN(C(=O)NCCCN2C(=O)c3ccccc3C2=O)CC1. The van der Waals surface area contributed by atoms with Crippen molar-refractivity contribution in [3.63, 3.8) is 0 Å². The molecule has 28 heavy (non-hydrogen) atoms. The van der Waals surface area contributed by atoms with E-state index in [0.717, 1.165) is 0 Å². The Hall–Kier alpha value is -3.10. The minimum absolute atomic E-state index is 0.217. The fourth-order valence-electron chi connectivity index (χ4n) is 3.29. The molecular formula is C19H24N4O5. The highest BCUT2D eigenvalue weighted by Gasteiger charge is 2.34. The summed E-state index contributed by atoms with van der Waals surface area (Å²) < 4.78 is 4.95. The molecule has 1 saturated heterocycles. The van der Waals surface area contributed by atoms with Crippen molar-refractivity contribution in [2.45, 2.75) is 13.3 Å². The van der Waals surface area contributed by atoms with Crippen LogP contribution in [0.3, 0.4) is 0 Å². The average Bonchev–Trinajstić information content (AvgIpc) is 2.96. The maximum atomic E-state index is 12.3. The molecule has 3 rings (SSSR count). The summed E-state index contributed by atoms with van der Waals surface area (Å²) in [5.74, 6) is -0.580. The van der Waals surface area contributed by atoms with Gasteiger partial charge in [-0.05, 0) is 25.5 Å². The van der Waals surface area contributed by atoms with Crippen molar-refractivity contribution in [3.8, 4) is 0 Å². The van der Waals surface area contributed by atoms with Crippen LogP contribution in [0.15, 0.2) is 24.3 Å². The molecular weight excluding hydrogens is 364 g/mol. The average molecular weight is 388 g/mol. The fourth-order valence-corrected chi connectivity index (χ4v) is 3.29. The molecule has 0 unspecified atom stereocenters. The van der Waals surface area contributed by atoms with Gasteiger partial charge in [-0.25, -0.2) is 9.59 Å². The van der Waals surface area contributed by atoms with Crippen molar-refractivity contribution in [1.82, 2.24) is 20.0 Å². The minimum Gasteiger partial charge on any atom is -0.450 e. The number of piperazine rings is 1. The van der Waals surface area contributed by atoms with E-state index in [0.29, 0.717) is 56.9 Å². The van der Waals surface area contributed by atoms with Crippen molar-refractivity contribution in [1.29, 1.82) is 0 Å². The molecule has 2 aliphatic heterocycles. The van der Waals surface area contributed by atoms with E-state index >= 15 is 0 Å². The third kappa shape index (κ3) is 4.08. The Balaban J connectivity index is 1.38. The highest BCUT2D eigenvalue weighted by atomic mass is 16.6. The number of imide groups is 1. The Morgan fingerprint density at radius 2 is 1.57 bits per heavy atom. The summed E-state index contributed by atoms with van der Waals surface area (Å²) in [6, 6.07) is 6.54. The normalized spacial score (nSPS) is 16.2. The lowest BCUT2D eigenvalue weighted by Crippen LogP contribution is -2.53. The molecule has 1 aromatic carbocycles. The molecule has 150 valence electrons. The van der Waals surface area contributed by atoms with Crippen molar-refractivity contribution < 1.29 is 23.9 Å². The molecule has 9 nitrogen and oxygen atoms in total. The van der Waals surface area contributed by atoms with E-state index in [2.05, 4.69) is 5.32 Å². The first kappa shape index (κ1) is 19.7. The Labute approximate surface area is 163 Å². The van der Waals surface area contributed by atoms with Crippen LogP contribution in [-0.2, 0) is 4.74 Å². The van der Waals surface area contributed by atoms with Gasteiger partial charge in [0.2, 0.25) is 0 Å². The van der Waals surface area contributed by atoms with E-state index < -0.39 is 0 Å². The van der Waals surface area contributed by atoms with Crippen LogP contribution >= 0.6 is 0 Å². The van der Waals surface area contributed by atoms with Crippen LogP contribution in [0.25, 0.3) is 0 Å². The maximum Gasteiger partial charge on any atom is 0.409 e. The molecule has 2 heterocycles. The zero-order valence-corrected chi connectivity index (χ0v) is 15.8. The number of carbonyl (C=O) groups is 4. The molecule has 5 amide bonds. The first-order valence-electron chi connectivity index (χ1n) is 9.42. The highest BCUT2D eigenvalue weighted by Crippen LogP contribution is 2.22. The monoisotopic (exact) mass is 388 g/mol. The number of amides is 5. The molecule has 0 saturated carbocycles. The van der Waals surface area contributed by atoms with E-state index in [1.165, 1.54) is 4.90 Å². The van der Waals surface area contributed by atoms with Gasteiger partial charge in [0.05, 0.1) is 17.7 Å². The van der Waals surface area contributed by atoms with Crippen LogP contribution in [0.1, 0.15) is 34.1 Å². The predicted octanol–water partition coefficient (Wildman–Crippen LogP) is 1.16. The summed E-state index contributed by atoms with van der Waals surface area (Å²) >= 11 is 0. The zero-order chi connectivity index (χ0) is 20.1. The lowest BCUT2D eigenvalue weighted by Gasteiger charge is -2.34. The molecule has 9 heteroatoms. The number of fused-ring (bicyclic) bond motifs is 1. The Morgan fingerprint density at radius 3 is 2.14 bits per heavy atom. The smallest absolute Gasteiger partial charge is 0.409 e. The van der Waals surface area contributed by atoms with Crippen molar-refractivity contribution in [3.05, 3.63) is 35.4 Å². The molecule has 1 fully saturated rings. The summed E-state index contributed by atoms with van der Waals surface area (Å²) in [5.41, 5.74) is 0.854. The maximum absolute atomic E-state index is 12.3. The second-order valence-electron chi connectivity index (χ2n) is 6.57. The first-order chi connectivity index (χ1) is 13.5. The summed E-state index contributed by atoms with van der Waals surface area (Å²) in [5, 5.41) is 2.80. The third-order valence-electron chi connectivity index (χ3n) is 4.81. The minimum atomic E-state index is -0.358. The second-order valence-corrected chi connectivity index (χ2v) is 6.57. The molecule has 1 aromatic rings. The Bertz CT molecular complexity index is 738. The van der Waals surface area contributed by atoms with Gasteiger partial charge in [0.15, 0.2) is 0 Å². The third-order valence-corrected chi connectivity index (χ3v) is 4.81. The van der Waals surface area contributed by atoms with Crippen LogP contribution in [0, 0.1) is 0 Å². The number of nitrogens with zero attached hydrogens (tertiary/aromatic N) is 3. The molecule has 0 aromatic heterocycles. The summed E-state index contributed by atoms with van der Waals surface area (Å²) in [7, 11) is 0. The van der Waals surface area contributed by atoms with Gasteiger partial charge in [-0.2, -0.15) is 0 Å². The number of ether oxygens (including phenoxy) is 1. The summed E-state index contributed by atoms with van der Waals surface area (Å²) in [4.78, 5) is 52.9. The lowest BCUT2D eigenvalue weighted by molar-refractivity contribution is 0.0652. The molecule has 0 atom stereocenters. The summed E-state index contributed by atoms with van der Waals surface area (Å²) in [6.07, 6.45) is 0.114.